The van der Waals surface area contributed by atoms with Crippen molar-refractivity contribution in [2.75, 3.05) is 27.9 Å². The quantitative estimate of drug-likeness (QED) is 0.625. The summed E-state index contributed by atoms with van der Waals surface area (Å²) in [5, 5.41) is 0. The highest BCUT2D eigenvalue weighted by molar-refractivity contribution is 5.54. The summed E-state index contributed by atoms with van der Waals surface area (Å²) in [6.45, 7) is 1.57. The van der Waals surface area contributed by atoms with Crippen molar-refractivity contribution in [2.24, 2.45) is 0 Å². The first kappa shape index (κ1) is 20.9. The van der Waals surface area contributed by atoms with Gasteiger partial charge in [0.05, 0.1) is 38.8 Å². The average molecular weight is 422 g/mol. The van der Waals surface area contributed by atoms with Crippen LogP contribution < -0.4 is 19.8 Å². The van der Waals surface area contributed by atoms with Gasteiger partial charge in [-0.05, 0) is 49.2 Å². The van der Waals surface area contributed by atoms with Gasteiger partial charge in [0, 0.05) is 18.8 Å². The fourth-order valence-electron chi connectivity index (χ4n) is 4.07. The summed E-state index contributed by atoms with van der Waals surface area (Å²) in [4.78, 5) is 26.7. The van der Waals surface area contributed by atoms with E-state index in [1.54, 1.807) is 27.5 Å². The molecular weight excluding hydrogens is 396 g/mol. The highest BCUT2D eigenvalue weighted by atomic mass is 16.5. The van der Waals surface area contributed by atoms with Gasteiger partial charge in [-0.2, -0.15) is 0 Å². The summed E-state index contributed by atoms with van der Waals surface area (Å²) in [6, 6.07) is 11.0. The zero-order valence-electron chi connectivity index (χ0n) is 17.9. The van der Waals surface area contributed by atoms with Crippen LogP contribution in [0.3, 0.4) is 0 Å². The van der Waals surface area contributed by atoms with Gasteiger partial charge < -0.3 is 19.2 Å². The van der Waals surface area contributed by atoms with Gasteiger partial charge in [0.25, 0.3) is 5.56 Å². The summed E-state index contributed by atoms with van der Waals surface area (Å²) in [5.41, 5.74) is 2.12. The Bertz CT molecular complexity index is 1080. The fourth-order valence-corrected chi connectivity index (χ4v) is 4.07. The molecule has 0 spiro atoms. The maximum absolute atomic E-state index is 12.4. The summed E-state index contributed by atoms with van der Waals surface area (Å²) in [5.74, 6) is 2.48. The molecule has 3 heterocycles. The lowest BCUT2D eigenvalue weighted by Gasteiger charge is -2.24. The molecule has 31 heavy (non-hydrogen) atoms. The van der Waals surface area contributed by atoms with Gasteiger partial charge in [0.2, 0.25) is 5.75 Å². The molecule has 0 radical (unpaired) electrons. The van der Waals surface area contributed by atoms with Crippen molar-refractivity contribution < 1.29 is 14.2 Å². The van der Waals surface area contributed by atoms with E-state index in [0.717, 1.165) is 24.9 Å². The number of pyridine rings is 1. The minimum Gasteiger partial charge on any atom is -0.493 e. The lowest BCUT2D eigenvalue weighted by molar-refractivity contribution is 0.238. The molecule has 0 amide bonds. The lowest BCUT2D eigenvalue weighted by Crippen LogP contribution is -2.26. The Morgan fingerprint density at radius 1 is 1.06 bits per heavy atom. The molecule has 162 valence electrons. The van der Waals surface area contributed by atoms with Gasteiger partial charge in [0.15, 0.2) is 11.5 Å². The van der Waals surface area contributed by atoms with E-state index in [1.165, 1.54) is 6.07 Å². The van der Waals surface area contributed by atoms with Crippen molar-refractivity contribution in [3.8, 4) is 28.6 Å². The van der Waals surface area contributed by atoms with E-state index in [9.17, 15) is 4.79 Å². The van der Waals surface area contributed by atoms with Crippen LogP contribution >= 0.6 is 0 Å². The van der Waals surface area contributed by atoms with Crippen LogP contribution in [-0.2, 0) is 6.54 Å². The van der Waals surface area contributed by atoms with Gasteiger partial charge in [-0.15, -0.1) is 0 Å². The largest absolute Gasteiger partial charge is 0.493 e. The Morgan fingerprint density at radius 2 is 1.84 bits per heavy atom. The molecule has 1 fully saturated rings. The number of aromatic nitrogens is 3. The number of nitrogens with zero attached hydrogens (tertiary/aromatic N) is 3. The molecule has 0 saturated carbocycles. The fraction of sp³-hybridized carbons (Fsp3) is 0.348. The number of rotatable bonds is 7. The monoisotopic (exact) mass is 422 g/mol. The zero-order valence-corrected chi connectivity index (χ0v) is 17.9. The van der Waals surface area contributed by atoms with Crippen LogP contribution in [0.5, 0.6) is 17.2 Å². The number of nitrogens with one attached hydrogen (secondary N) is 1. The van der Waals surface area contributed by atoms with Crippen LogP contribution in [0.25, 0.3) is 11.4 Å². The van der Waals surface area contributed by atoms with Crippen molar-refractivity contribution in [2.45, 2.75) is 25.4 Å². The molecule has 3 aromatic rings. The maximum atomic E-state index is 12.4. The molecule has 1 aliphatic rings. The van der Waals surface area contributed by atoms with Crippen LogP contribution in [-0.4, -0.2) is 47.7 Å². The van der Waals surface area contributed by atoms with Crippen LogP contribution in [0.15, 0.2) is 47.4 Å². The molecule has 0 bridgehead atoms. The highest BCUT2D eigenvalue weighted by Gasteiger charge is 2.29. The van der Waals surface area contributed by atoms with E-state index in [1.807, 2.05) is 30.3 Å². The molecule has 1 aromatic carbocycles. The number of likely N-dealkylation sites (tertiary alicyclic amines) is 1. The highest BCUT2D eigenvalue weighted by Crippen LogP contribution is 2.40. The zero-order chi connectivity index (χ0) is 21.8. The van der Waals surface area contributed by atoms with Gasteiger partial charge in [-0.1, -0.05) is 6.07 Å². The predicted octanol–water partition coefficient (Wildman–Crippen LogP) is 3.19. The van der Waals surface area contributed by atoms with E-state index in [-0.39, 0.29) is 11.6 Å². The Morgan fingerprint density at radius 3 is 2.48 bits per heavy atom. The second kappa shape index (κ2) is 9.18. The predicted molar refractivity (Wildman–Crippen MR) is 117 cm³/mol. The number of ether oxygens (including phenoxy) is 3. The van der Waals surface area contributed by atoms with Crippen molar-refractivity contribution in [3.63, 3.8) is 0 Å². The van der Waals surface area contributed by atoms with Crippen LogP contribution in [0.1, 0.15) is 30.3 Å². The Labute approximate surface area is 180 Å². The standard InChI is InChI=1S/C23H26N4O4/c1-29-19-11-15(12-20(30-2)22(19)31-3)14-27-10-6-8-18(27)23-25-17(13-21(28)26-23)16-7-4-5-9-24-16/h4-5,7,9,11-13,18H,6,8,10,14H2,1-3H3,(H,25,26,28). The molecule has 0 aliphatic carbocycles. The minimum atomic E-state index is -0.176. The molecule has 1 unspecified atom stereocenters. The number of H-pyrrole nitrogens is 1. The third-order valence-electron chi connectivity index (χ3n) is 5.48. The molecule has 1 atom stereocenters. The molecule has 8 heteroatoms. The molecule has 1 N–H and O–H groups in total. The first-order chi connectivity index (χ1) is 15.1. The Balaban J connectivity index is 1.64. The SMILES string of the molecule is COc1cc(CN2CCCC2c2nc(-c3ccccn3)cc(=O)[nH]2)cc(OC)c1OC. The molecule has 4 rings (SSSR count). The van der Waals surface area contributed by atoms with Crippen molar-refractivity contribution >= 4 is 0 Å². The van der Waals surface area contributed by atoms with Crippen LogP contribution in [0.2, 0.25) is 0 Å². The van der Waals surface area contributed by atoms with Gasteiger partial charge in [-0.25, -0.2) is 4.98 Å². The number of hydrogen-bond acceptors (Lipinski definition) is 7. The maximum Gasteiger partial charge on any atom is 0.251 e. The van der Waals surface area contributed by atoms with Gasteiger partial charge in [-0.3, -0.25) is 14.7 Å². The minimum absolute atomic E-state index is 0.00968. The third-order valence-corrected chi connectivity index (χ3v) is 5.48. The first-order valence-corrected chi connectivity index (χ1v) is 10.2. The smallest absolute Gasteiger partial charge is 0.251 e. The first-order valence-electron chi connectivity index (χ1n) is 10.2. The molecule has 1 saturated heterocycles. The van der Waals surface area contributed by atoms with Crippen molar-refractivity contribution in [1.29, 1.82) is 0 Å². The second-order valence-electron chi connectivity index (χ2n) is 7.39. The summed E-state index contributed by atoms with van der Waals surface area (Å²) < 4.78 is 16.4. The van der Waals surface area contributed by atoms with Gasteiger partial charge in [0.1, 0.15) is 5.82 Å². The van der Waals surface area contributed by atoms with Crippen LogP contribution in [0.4, 0.5) is 0 Å². The van der Waals surface area contributed by atoms with Crippen molar-refractivity contribution in [1.82, 2.24) is 19.9 Å². The van der Waals surface area contributed by atoms with E-state index >= 15 is 0 Å². The average Bonchev–Trinajstić information content (AvgIpc) is 3.26. The molecule has 8 nitrogen and oxygen atoms in total. The molecular formula is C23H26N4O4. The van der Waals surface area contributed by atoms with Gasteiger partial charge >= 0.3 is 0 Å². The lowest BCUT2D eigenvalue weighted by atomic mass is 10.1. The normalized spacial score (nSPS) is 16.3. The Kier molecular flexibility index (Phi) is 6.18. The van der Waals surface area contributed by atoms with E-state index in [4.69, 9.17) is 19.2 Å². The Hall–Kier alpha value is -3.39. The number of hydrogen-bond donors (Lipinski definition) is 1. The number of methoxy groups -OCH3 is 3. The summed E-state index contributed by atoms with van der Waals surface area (Å²) in [7, 11) is 4.81. The number of aromatic amines is 1. The number of benzene rings is 1. The van der Waals surface area contributed by atoms with Crippen LogP contribution in [0, 0.1) is 0 Å². The second-order valence-corrected chi connectivity index (χ2v) is 7.39. The van der Waals surface area contributed by atoms with E-state index < -0.39 is 0 Å². The van der Waals surface area contributed by atoms with E-state index in [0.29, 0.717) is 41.0 Å². The molecule has 1 aliphatic heterocycles. The summed E-state index contributed by atoms with van der Waals surface area (Å²) >= 11 is 0. The van der Waals surface area contributed by atoms with Crippen molar-refractivity contribution in [3.05, 3.63) is 64.3 Å². The third kappa shape index (κ3) is 4.39. The summed E-state index contributed by atoms with van der Waals surface area (Å²) in [6.07, 6.45) is 3.63. The van der Waals surface area contributed by atoms with E-state index in [2.05, 4.69) is 14.9 Å². The topological polar surface area (TPSA) is 89.6 Å². The molecule has 2 aromatic heterocycles.